The molecule has 0 saturated heterocycles. The van der Waals surface area contributed by atoms with Gasteiger partial charge in [-0.15, -0.1) is 6.58 Å². The zero-order chi connectivity index (χ0) is 15.4. The van der Waals surface area contributed by atoms with E-state index in [1.807, 2.05) is 19.9 Å². The lowest BCUT2D eigenvalue weighted by Crippen LogP contribution is -2.45. The first kappa shape index (κ1) is 14.8. The Kier molecular flexibility index (Phi) is 3.29. The standard InChI is InChI=1S/C19H26O2/c1-5-6-7-14-15-13(8-9-18(3,4)17(15)21)16(20)12(2)19(14)10-11-19/h5,13,16,20H,1-2,6-11H2,3-4H3. The van der Waals surface area contributed by atoms with E-state index in [0.29, 0.717) is 0 Å². The Bertz CT molecular complexity index is 546. The van der Waals surface area contributed by atoms with Crippen LogP contribution in [0.3, 0.4) is 0 Å². The van der Waals surface area contributed by atoms with Crippen LogP contribution in [0.5, 0.6) is 0 Å². The van der Waals surface area contributed by atoms with Gasteiger partial charge in [0.15, 0.2) is 5.78 Å². The molecule has 0 aromatic heterocycles. The summed E-state index contributed by atoms with van der Waals surface area (Å²) in [6.45, 7) is 12.1. The second-order valence-electron chi connectivity index (χ2n) is 7.63. The van der Waals surface area contributed by atoms with Crippen molar-refractivity contribution >= 4 is 5.78 Å². The fourth-order valence-electron chi connectivity index (χ4n) is 4.33. The first-order chi connectivity index (χ1) is 9.85. The monoisotopic (exact) mass is 286 g/mol. The maximum absolute atomic E-state index is 13.0. The van der Waals surface area contributed by atoms with E-state index in [-0.39, 0.29) is 22.5 Å². The fourth-order valence-corrected chi connectivity index (χ4v) is 4.33. The summed E-state index contributed by atoms with van der Waals surface area (Å²) in [7, 11) is 0. The Labute approximate surface area is 127 Å². The summed E-state index contributed by atoms with van der Waals surface area (Å²) < 4.78 is 0. The van der Waals surface area contributed by atoms with Crippen molar-refractivity contribution in [3.63, 3.8) is 0 Å². The molecule has 0 aliphatic heterocycles. The van der Waals surface area contributed by atoms with Gasteiger partial charge in [0.05, 0.1) is 6.10 Å². The maximum atomic E-state index is 13.0. The van der Waals surface area contributed by atoms with Gasteiger partial charge >= 0.3 is 0 Å². The van der Waals surface area contributed by atoms with Crippen LogP contribution in [0.1, 0.15) is 52.4 Å². The highest BCUT2D eigenvalue weighted by atomic mass is 16.3. The lowest BCUT2D eigenvalue weighted by Gasteiger charge is -2.45. The topological polar surface area (TPSA) is 37.3 Å². The molecular weight excluding hydrogens is 260 g/mol. The number of hydrogen-bond acceptors (Lipinski definition) is 2. The Morgan fingerprint density at radius 3 is 2.57 bits per heavy atom. The van der Waals surface area contributed by atoms with E-state index in [4.69, 9.17) is 0 Å². The molecule has 2 unspecified atom stereocenters. The molecule has 2 heteroatoms. The Morgan fingerprint density at radius 2 is 2.00 bits per heavy atom. The van der Waals surface area contributed by atoms with Gasteiger partial charge in [0, 0.05) is 22.3 Å². The summed E-state index contributed by atoms with van der Waals surface area (Å²) in [5, 5.41) is 10.7. The third-order valence-corrected chi connectivity index (χ3v) is 5.91. The summed E-state index contributed by atoms with van der Waals surface area (Å²) in [5.41, 5.74) is 2.82. The summed E-state index contributed by atoms with van der Waals surface area (Å²) >= 11 is 0. The van der Waals surface area contributed by atoms with Crippen molar-refractivity contribution in [2.45, 2.75) is 58.5 Å². The van der Waals surface area contributed by atoms with Gasteiger partial charge in [-0.1, -0.05) is 32.1 Å². The average Bonchev–Trinajstić information content (AvgIpc) is 3.22. The number of rotatable bonds is 3. The predicted molar refractivity (Wildman–Crippen MR) is 84.8 cm³/mol. The molecule has 2 fully saturated rings. The van der Waals surface area contributed by atoms with Gasteiger partial charge in [0.1, 0.15) is 0 Å². The molecule has 114 valence electrons. The van der Waals surface area contributed by atoms with Gasteiger partial charge < -0.3 is 5.11 Å². The second-order valence-corrected chi connectivity index (χ2v) is 7.63. The van der Waals surface area contributed by atoms with Crippen LogP contribution in [-0.4, -0.2) is 17.0 Å². The highest BCUT2D eigenvalue weighted by Crippen LogP contribution is 2.65. The minimum absolute atomic E-state index is 0.0240. The largest absolute Gasteiger partial charge is 0.388 e. The van der Waals surface area contributed by atoms with Crippen LogP contribution in [-0.2, 0) is 4.79 Å². The van der Waals surface area contributed by atoms with E-state index in [1.165, 1.54) is 5.57 Å². The molecule has 1 spiro atoms. The van der Waals surface area contributed by atoms with E-state index in [0.717, 1.165) is 49.7 Å². The molecule has 0 radical (unpaired) electrons. The Balaban J connectivity index is 2.14. The van der Waals surface area contributed by atoms with E-state index in [1.54, 1.807) is 0 Å². The molecule has 2 saturated carbocycles. The van der Waals surface area contributed by atoms with Crippen LogP contribution in [0.25, 0.3) is 0 Å². The minimum atomic E-state index is -0.532. The van der Waals surface area contributed by atoms with E-state index in [9.17, 15) is 9.90 Å². The van der Waals surface area contributed by atoms with Gasteiger partial charge in [-0.05, 0) is 44.1 Å². The van der Waals surface area contributed by atoms with Crippen molar-refractivity contribution < 1.29 is 9.90 Å². The van der Waals surface area contributed by atoms with Gasteiger partial charge in [-0.3, -0.25) is 4.79 Å². The molecule has 3 aliphatic carbocycles. The summed E-state index contributed by atoms with van der Waals surface area (Å²) in [5.74, 6) is 0.236. The lowest BCUT2D eigenvalue weighted by atomic mass is 9.59. The molecule has 3 aliphatic rings. The number of allylic oxidation sites excluding steroid dienone is 2. The van der Waals surface area contributed by atoms with Gasteiger partial charge in [0.2, 0.25) is 0 Å². The molecule has 2 nitrogen and oxygen atoms in total. The highest BCUT2D eigenvalue weighted by molar-refractivity contribution is 6.02. The molecule has 0 bridgehead atoms. The highest BCUT2D eigenvalue weighted by Gasteiger charge is 2.58. The minimum Gasteiger partial charge on any atom is -0.388 e. The molecule has 21 heavy (non-hydrogen) atoms. The first-order valence-corrected chi connectivity index (χ1v) is 8.12. The zero-order valence-electron chi connectivity index (χ0n) is 13.2. The normalized spacial score (nSPS) is 33.1. The summed E-state index contributed by atoms with van der Waals surface area (Å²) in [6, 6.07) is 0. The number of hydrogen-bond donors (Lipinski definition) is 1. The van der Waals surface area contributed by atoms with Crippen LogP contribution in [0.4, 0.5) is 0 Å². The average molecular weight is 286 g/mol. The van der Waals surface area contributed by atoms with Crippen molar-refractivity contribution in [2.24, 2.45) is 16.7 Å². The van der Waals surface area contributed by atoms with E-state index < -0.39 is 6.10 Å². The third-order valence-electron chi connectivity index (χ3n) is 5.91. The first-order valence-electron chi connectivity index (χ1n) is 8.12. The number of aliphatic hydroxyl groups is 1. The summed E-state index contributed by atoms with van der Waals surface area (Å²) in [6.07, 6.45) is 7.00. The quantitative estimate of drug-likeness (QED) is 0.797. The van der Waals surface area contributed by atoms with Crippen molar-refractivity contribution in [1.82, 2.24) is 0 Å². The van der Waals surface area contributed by atoms with Crippen molar-refractivity contribution in [2.75, 3.05) is 0 Å². The second kappa shape index (κ2) is 4.67. The molecule has 0 amide bonds. The number of ketones is 1. The Hall–Kier alpha value is -1.15. The predicted octanol–water partition coefficient (Wildman–Crippen LogP) is 3.97. The Morgan fingerprint density at radius 1 is 1.33 bits per heavy atom. The van der Waals surface area contributed by atoms with Gasteiger partial charge in [-0.25, -0.2) is 0 Å². The zero-order valence-corrected chi connectivity index (χ0v) is 13.2. The molecule has 0 aromatic rings. The van der Waals surface area contributed by atoms with Crippen molar-refractivity contribution in [3.05, 3.63) is 36.0 Å². The van der Waals surface area contributed by atoms with Crippen molar-refractivity contribution in [1.29, 1.82) is 0 Å². The van der Waals surface area contributed by atoms with Crippen LogP contribution >= 0.6 is 0 Å². The third kappa shape index (κ3) is 1.99. The fraction of sp³-hybridized carbons (Fsp3) is 0.632. The van der Waals surface area contributed by atoms with E-state index >= 15 is 0 Å². The molecule has 2 atom stereocenters. The smallest absolute Gasteiger partial charge is 0.164 e. The van der Waals surface area contributed by atoms with Crippen LogP contribution in [0.15, 0.2) is 36.0 Å². The van der Waals surface area contributed by atoms with Crippen LogP contribution < -0.4 is 0 Å². The van der Waals surface area contributed by atoms with Crippen LogP contribution in [0.2, 0.25) is 0 Å². The molecule has 0 aromatic carbocycles. The molecule has 1 N–H and O–H groups in total. The van der Waals surface area contributed by atoms with Gasteiger partial charge in [-0.2, -0.15) is 0 Å². The number of Topliss-reactive ketones (excluding diaryl/α,β-unsaturated/α-hetero) is 1. The number of carbonyl (C=O) groups excluding carboxylic acids is 1. The number of carbonyl (C=O) groups is 1. The molecule has 0 heterocycles. The van der Waals surface area contributed by atoms with Gasteiger partial charge in [0.25, 0.3) is 0 Å². The maximum Gasteiger partial charge on any atom is 0.164 e. The van der Waals surface area contributed by atoms with Crippen LogP contribution in [0, 0.1) is 16.7 Å². The molecule has 3 rings (SSSR count). The molecular formula is C19H26O2. The lowest BCUT2D eigenvalue weighted by molar-refractivity contribution is -0.127. The number of aliphatic hydroxyl groups excluding tert-OH is 1. The summed E-state index contributed by atoms with van der Waals surface area (Å²) in [4.78, 5) is 13.0. The number of fused-ring (bicyclic) bond motifs is 1. The SMILES string of the molecule is C=CCCC1=C2C(=O)C(C)(C)CCC2C(O)C(=C)C12CC2. The van der Waals surface area contributed by atoms with E-state index in [2.05, 4.69) is 13.2 Å². The van der Waals surface area contributed by atoms with Crippen molar-refractivity contribution in [3.8, 4) is 0 Å².